The fraction of sp³-hybridized carbons (Fsp3) is 0.250. The van der Waals surface area contributed by atoms with Crippen LogP contribution in [0.25, 0.3) is 10.9 Å². The minimum absolute atomic E-state index is 0.0403. The van der Waals surface area contributed by atoms with Crippen molar-refractivity contribution in [1.82, 2.24) is 25.1 Å². The number of benzene rings is 2. The Hall–Kier alpha value is -3.78. The van der Waals surface area contributed by atoms with Crippen LogP contribution in [0.5, 0.6) is 11.8 Å². The van der Waals surface area contributed by atoms with E-state index < -0.39 is 0 Å². The summed E-state index contributed by atoms with van der Waals surface area (Å²) in [4.78, 5) is 23.3. The average Bonchev–Trinajstić information content (AvgIpc) is 3.19. The van der Waals surface area contributed by atoms with Gasteiger partial charge in [-0.25, -0.2) is 9.97 Å². The molecular formula is C24H23N5O3. The summed E-state index contributed by atoms with van der Waals surface area (Å²) in [6.07, 6.45) is 5.89. The first-order valence-corrected chi connectivity index (χ1v) is 10.6. The number of H-pyrrole nitrogens is 1. The first-order valence-electron chi connectivity index (χ1n) is 10.6. The Kier molecular flexibility index (Phi) is 5.76. The normalized spacial score (nSPS) is 16.6. The molecule has 1 unspecified atom stereocenters. The van der Waals surface area contributed by atoms with Crippen molar-refractivity contribution in [3.8, 4) is 11.8 Å². The van der Waals surface area contributed by atoms with Gasteiger partial charge in [-0.3, -0.25) is 9.89 Å². The largest absolute Gasteiger partial charge is 0.424 e. The number of fused-ring (bicyclic) bond motifs is 1. The molecule has 3 heterocycles. The molecule has 1 atom stereocenters. The van der Waals surface area contributed by atoms with E-state index in [2.05, 4.69) is 26.2 Å². The van der Waals surface area contributed by atoms with Crippen LogP contribution in [0.1, 0.15) is 15.9 Å². The molecule has 1 fully saturated rings. The highest BCUT2D eigenvalue weighted by Gasteiger charge is 2.24. The van der Waals surface area contributed by atoms with Crippen molar-refractivity contribution >= 4 is 16.8 Å². The lowest BCUT2D eigenvalue weighted by molar-refractivity contribution is 0.0737. The quantitative estimate of drug-likeness (QED) is 0.522. The fourth-order valence-corrected chi connectivity index (χ4v) is 4.03. The zero-order valence-electron chi connectivity index (χ0n) is 17.5. The zero-order valence-corrected chi connectivity index (χ0v) is 17.5. The number of rotatable bonds is 5. The molecule has 0 aliphatic carbocycles. The van der Waals surface area contributed by atoms with Crippen LogP contribution in [0.15, 0.2) is 67.1 Å². The van der Waals surface area contributed by atoms with Gasteiger partial charge < -0.3 is 14.4 Å². The summed E-state index contributed by atoms with van der Waals surface area (Å²) in [5, 5.41) is 8.28. The van der Waals surface area contributed by atoms with E-state index >= 15 is 0 Å². The highest BCUT2D eigenvalue weighted by Crippen LogP contribution is 2.23. The Morgan fingerprint density at radius 3 is 2.94 bits per heavy atom. The average molecular weight is 429 g/mol. The monoisotopic (exact) mass is 429 g/mol. The van der Waals surface area contributed by atoms with E-state index in [4.69, 9.17) is 9.47 Å². The highest BCUT2D eigenvalue weighted by atomic mass is 16.5. The van der Waals surface area contributed by atoms with Crippen LogP contribution in [0.3, 0.4) is 0 Å². The minimum Gasteiger partial charge on any atom is -0.424 e. The number of hydrogen-bond donors (Lipinski definition) is 1. The van der Waals surface area contributed by atoms with Gasteiger partial charge >= 0.3 is 6.01 Å². The maximum Gasteiger partial charge on any atom is 0.321 e. The number of ether oxygens (including phenoxy) is 2. The molecule has 0 spiro atoms. The summed E-state index contributed by atoms with van der Waals surface area (Å²) in [7, 11) is 0. The topological polar surface area (TPSA) is 93.2 Å². The fourth-order valence-electron chi connectivity index (χ4n) is 4.03. The molecule has 8 nitrogen and oxygen atoms in total. The van der Waals surface area contributed by atoms with Crippen molar-refractivity contribution in [3.63, 3.8) is 0 Å². The first kappa shape index (κ1) is 20.1. The molecule has 0 bridgehead atoms. The third-order valence-corrected chi connectivity index (χ3v) is 5.54. The molecule has 1 N–H and O–H groups in total. The number of carbonyl (C=O) groups excluding carboxylic acids is 1. The second kappa shape index (κ2) is 9.15. The van der Waals surface area contributed by atoms with E-state index in [9.17, 15) is 4.79 Å². The van der Waals surface area contributed by atoms with Crippen LogP contribution in [0, 0.1) is 5.92 Å². The molecule has 1 aliphatic rings. The zero-order chi connectivity index (χ0) is 21.8. The van der Waals surface area contributed by atoms with Gasteiger partial charge in [0, 0.05) is 42.4 Å². The van der Waals surface area contributed by atoms with E-state index in [0.717, 1.165) is 17.3 Å². The van der Waals surface area contributed by atoms with Crippen LogP contribution >= 0.6 is 0 Å². The van der Waals surface area contributed by atoms with Gasteiger partial charge in [0.2, 0.25) is 0 Å². The number of hydrogen-bond acceptors (Lipinski definition) is 6. The second-order valence-corrected chi connectivity index (χ2v) is 7.81. The Bertz CT molecular complexity index is 1210. The van der Waals surface area contributed by atoms with Crippen LogP contribution in [-0.4, -0.2) is 57.3 Å². The van der Waals surface area contributed by atoms with Crippen molar-refractivity contribution in [2.75, 3.05) is 26.3 Å². The molecule has 5 rings (SSSR count). The van der Waals surface area contributed by atoms with Crippen LogP contribution < -0.4 is 4.74 Å². The third kappa shape index (κ3) is 4.45. The molecule has 32 heavy (non-hydrogen) atoms. The van der Waals surface area contributed by atoms with Gasteiger partial charge in [-0.15, -0.1) is 0 Å². The molecule has 1 saturated heterocycles. The van der Waals surface area contributed by atoms with Gasteiger partial charge in [-0.05, 0) is 42.3 Å². The SMILES string of the molecule is O=C(c1cccc(Oc2ncccn2)c1)N1CCOCC(Cc2cccc3[nH]ncc23)C1. The molecule has 4 aromatic rings. The van der Waals surface area contributed by atoms with E-state index in [1.807, 2.05) is 23.2 Å². The predicted molar refractivity (Wildman–Crippen MR) is 119 cm³/mol. The van der Waals surface area contributed by atoms with Crippen LogP contribution in [0.2, 0.25) is 0 Å². The van der Waals surface area contributed by atoms with Gasteiger partial charge in [0.25, 0.3) is 5.91 Å². The number of nitrogens with zero attached hydrogens (tertiary/aromatic N) is 4. The van der Waals surface area contributed by atoms with Gasteiger partial charge in [-0.2, -0.15) is 5.10 Å². The Morgan fingerprint density at radius 1 is 1.16 bits per heavy atom. The maximum atomic E-state index is 13.3. The molecule has 0 radical (unpaired) electrons. The molecule has 2 aromatic heterocycles. The molecular weight excluding hydrogens is 406 g/mol. The van der Waals surface area contributed by atoms with Crippen molar-refractivity contribution in [1.29, 1.82) is 0 Å². The first-order chi connectivity index (χ1) is 15.8. The standard InChI is InChI=1S/C24H23N5O3/c30-23(19-5-1-6-20(13-19)32-24-25-8-3-9-26-24)29-10-11-31-16-17(15-29)12-18-4-2-7-22-21(18)14-27-28-22/h1-9,13-14,17H,10-12,15-16H2,(H,27,28). The van der Waals surface area contributed by atoms with Gasteiger partial charge in [0.05, 0.1) is 24.9 Å². The Balaban J connectivity index is 1.31. The van der Waals surface area contributed by atoms with E-state index in [-0.39, 0.29) is 17.8 Å². The lowest BCUT2D eigenvalue weighted by Crippen LogP contribution is -2.36. The lowest BCUT2D eigenvalue weighted by Gasteiger charge is -2.24. The van der Waals surface area contributed by atoms with E-state index in [0.29, 0.717) is 37.6 Å². The molecule has 162 valence electrons. The number of carbonyl (C=O) groups is 1. The minimum atomic E-state index is -0.0403. The summed E-state index contributed by atoms with van der Waals surface area (Å²) in [6, 6.07) is 15.2. The van der Waals surface area contributed by atoms with Crippen molar-refractivity contribution < 1.29 is 14.3 Å². The summed E-state index contributed by atoms with van der Waals surface area (Å²) in [5.74, 6) is 0.678. The van der Waals surface area contributed by atoms with Crippen molar-refractivity contribution in [2.24, 2.45) is 5.92 Å². The second-order valence-electron chi connectivity index (χ2n) is 7.81. The van der Waals surface area contributed by atoms with Crippen LogP contribution in [0.4, 0.5) is 0 Å². The maximum absolute atomic E-state index is 13.3. The smallest absolute Gasteiger partial charge is 0.321 e. The number of amides is 1. The molecule has 1 aliphatic heterocycles. The number of nitrogens with one attached hydrogen (secondary N) is 1. The Labute approximate surface area is 185 Å². The van der Waals surface area contributed by atoms with Crippen molar-refractivity contribution in [3.05, 3.63) is 78.2 Å². The van der Waals surface area contributed by atoms with Crippen molar-refractivity contribution in [2.45, 2.75) is 6.42 Å². The molecule has 2 aromatic carbocycles. The molecule has 8 heteroatoms. The number of aromatic nitrogens is 4. The van der Waals surface area contributed by atoms with Crippen LogP contribution in [-0.2, 0) is 11.2 Å². The summed E-state index contributed by atoms with van der Waals surface area (Å²) < 4.78 is 11.5. The number of aromatic amines is 1. The van der Waals surface area contributed by atoms with Gasteiger partial charge in [-0.1, -0.05) is 18.2 Å². The third-order valence-electron chi connectivity index (χ3n) is 5.54. The summed E-state index contributed by atoms with van der Waals surface area (Å²) >= 11 is 0. The Morgan fingerprint density at radius 2 is 2.03 bits per heavy atom. The molecule has 0 saturated carbocycles. The summed E-state index contributed by atoms with van der Waals surface area (Å²) in [6.45, 7) is 2.32. The predicted octanol–water partition coefficient (Wildman–Crippen LogP) is 3.48. The lowest BCUT2D eigenvalue weighted by atomic mass is 9.97. The summed E-state index contributed by atoms with van der Waals surface area (Å²) in [5.41, 5.74) is 2.79. The van der Waals surface area contributed by atoms with E-state index in [1.165, 1.54) is 5.56 Å². The van der Waals surface area contributed by atoms with Gasteiger partial charge in [0.1, 0.15) is 5.75 Å². The van der Waals surface area contributed by atoms with E-state index in [1.54, 1.807) is 42.7 Å². The molecule has 1 amide bonds. The van der Waals surface area contributed by atoms with Gasteiger partial charge in [0.15, 0.2) is 0 Å². The highest BCUT2D eigenvalue weighted by molar-refractivity contribution is 5.94.